The summed E-state index contributed by atoms with van der Waals surface area (Å²) in [6, 6.07) is 7.10. The van der Waals surface area contributed by atoms with Crippen molar-refractivity contribution >= 4 is 43.9 Å². The van der Waals surface area contributed by atoms with Crippen molar-refractivity contribution in [1.29, 1.82) is 5.41 Å². The van der Waals surface area contributed by atoms with Gasteiger partial charge in [-0.2, -0.15) is 0 Å². The van der Waals surface area contributed by atoms with Crippen LogP contribution in [-0.4, -0.2) is 74.8 Å². The number of carboxylic acid groups (broad SMARTS) is 1. The van der Waals surface area contributed by atoms with Crippen molar-refractivity contribution in [3.8, 4) is 5.75 Å². The topological polar surface area (TPSA) is 222 Å². The molecule has 0 bridgehead atoms. The minimum Gasteiger partial charge on any atom is -0.534 e. The first-order chi connectivity index (χ1) is 17.5. The molecule has 14 nitrogen and oxygen atoms in total. The number of para-hydroxylation sites is 1. The summed E-state index contributed by atoms with van der Waals surface area (Å²) in [4.78, 5) is 57.4. The summed E-state index contributed by atoms with van der Waals surface area (Å²) < 4.78 is 16.9. The molecule has 0 saturated carbocycles. The zero-order valence-electron chi connectivity index (χ0n) is 19.1. The number of aromatic carboxylic acids is 1. The van der Waals surface area contributed by atoms with Gasteiger partial charge < -0.3 is 40.5 Å². The van der Waals surface area contributed by atoms with Crippen LogP contribution in [0.25, 0.3) is 0 Å². The molecule has 0 aromatic heterocycles. The number of fused-ring (bicyclic) bond motifs is 1. The van der Waals surface area contributed by atoms with E-state index >= 15 is 0 Å². The van der Waals surface area contributed by atoms with E-state index in [0.29, 0.717) is 12.1 Å². The van der Waals surface area contributed by atoms with Gasteiger partial charge >= 0.3 is 26.7 Å². The summed E-state index contributed by atoms with van der Waals surface area (Å²) in [5.74, 6) is -3.19. The maximum Gasteiger partial charge on any atom is 0.547 e. The van der Waals surface area contributed by atoms with Crippen LogP contribution in [0.3, 0.4) is 0 Å². The van der Waals surface area contributed by atoms with Crippen LogP contribution < -0.4 is 25.9 Å². The zero-order valence-corrected chi connectivity index (χ0v) is 20.0. The van der Waals surface area contributed by atoms with Gasteiger partial charge in [0, 0.05) is 13.1 Å². The molecule has 1 fully saturated rings. The van der Waals surface area contributed by atoms with Crippen molar-refractivity contribution in [3.05, 3.63) is 59.2 Å². The first-order valence-electron chi connectivity index (χ1n) is 11.0. The second-order valence-corrected chi connectivity index (χ2v) is 9.98. The molecular formula is C21H23BN5O9P. The fraction of sp³-hybridized carbons (Fsp3) is 0.238. The van der Waals surface area contributed by atoms with Crippen LogP contribution >= 0.6 is 7.60 Å². The molecule has 0 spiro atoms. The molecule has 1 saturated heterocycles. The molecule has 2 aliphatic heterocycles. The maximum atomic E-state index is 13.3. The third-order valence-corrected chi connectivity index (χ3v) is 6.88. The van der Waals surface area contributed by atoms with Crippen LogP contribution in [-0.2, 0) is 15.8 Å². The predicted octanol–water partition coefficient (Wildman–Crippen LogP) is -1.08. The third-order valence-electron chi connectivity index (χ3n) is 5.91. The number of rotatable bonds is 6. The van der Waals surface area contributed by atoms with E-state index in [1.807, 2.05) is 0 Å². The van der Waals surface area contributed by atoms with Gasteiger partial charge in [-0.25, -0.2) is 9.59 Å². The standard InChI is InChI=1S/C21H23BN5O9P/c23-20-24-8-9-27(20)21(31)26-16(11-4-6-13(7-5-11)37(33,34)35)18(28)25-15-10-12-2-1-3-14(19(29)30)17(12)36-22(15)32/h1-7,15-16,32H,8-10H2,(H2,23,24)(H,25,28)(H,26,31)(H,29,30)(H2,33,34,35)/t15-,16+/m0/s1. The maximum absolute atomic E-state index is 13.3. The van der Waals surface area contributed by atoms with Gasteiger partial charge in [0.1, 0.15) is 11.8 Å². The lowest BCUT2D eigenvalue weighted by Gasteiger charge is -2.30. The van der Waals surface area contributed by atoms with Crippen LogP contribution in [0.1, 0.15) is 27.5 Å². The van der Waals surface area contributed by atoms with E-state index in [1.165, 1.54) is 24.3 Å². The predicted molar refractivity (Wildman–Crippen MR) is 129 cm³/mol. The van der Waals surface area contributed by atoms with Crippen LogP contribution in [0.15, 0.2) is 42.5 Å². The molecule has 3 amide bonds. The van der Waals surface area contributed by atoms with Gasteiger partial charge in [0.25, 0.3) is 0 Å². The number of hydrogen-bond donors (Lipinski definition) is 8. The Bertz CT molecular complexity index is 1300. The summed E-state index contributed by atoms with van der Waals surface area (Å²) in [7, 11) is -6.14. The van der Waals surface area contributed by atoms with Crippen molar-refractivity contribution in [1.82, 2.24) is 20.9 Å². The highest BCUT2D eigenvalue weighted by atomic mass is 31.2. The molecule has 2 aromatic carbocycles. The van der Waals surface area contributed by atoms with Gasteiger partial charge in [0.05, 0.1) is 16.8 Å². The number of amides is 3. The number of guanidine groups is 1. The molecule has 0 unspecified atom stereocenters. The number of nitrogens with zero attached hydrogens (tertiary/aromatic N) is 1. The lowest BCUT2D eigenvalue weighted by Crippen LogP contribution is -2.56. The Labute approximate surface area is 210 Å². The minimum absolute atomic E-state index is 0.00840. The van der Waals surface area contributed by atoms with Gasteiger partial charge in [-0.1, -0.05) is 24.3 Å². The van der Waals surface area contributed by atoms with Crippen molar-refractivity contribution in [2.45, 2.75) is 18.4 Å². The van der Waals surface area contributed by atoms with E-state index in [-0.39, 0.29) is 41.1 Å². The highest BCUT2D eigenvalue weighted by Gasteiger charge is 2.39. The molecule has 2 aliphatic rings. The Kier molecular flexibility index (Phi) is 7.23. The zero-order chi connectivity index (χ0) is 26.9. The van der Waals surface area contributed by atoms with Gasteiger partial charge in [0.2, 0.25) is 5.91 Å². The Morgan fingerprint density at radius 3 is 2.49 bits per heavy atom. The monoisotopic (exact) mass is 531 g/mol. The molecule has 194 valence electrons. The van der Waals surface area contributed by atoms with Gasteiger partial charge in [-0.15, -0.1) is 0 Å². The molecule has 37 heavy (non-hydrogen) atoms. The van der Waals surface area contributed by atoms with Crippen molar-refractivity contribution in [3.63, 3.8) is 0 Å². The Morgan fingerprint density at radius 1 is 1.19 bits per heavy atom. The number of urea groups is 1. The summed E-state index contributed by atoms with van der Waals surface area (Å²) in [6.07, 6.45) is 0.0296. The van der Waals surface area contributed by atoms with Crippen LogP contribution in [0.2, 0.25) is 0 Å². The van der Waals surface area contributed by atoms with Crippen molar-refractivity contribution < 1.29 is 43.5 Å². The number of nitrogens with one attached hydrogen (secondary N) is 4. The number of hydrogen-bond acceptors (Lipinski definition) is 7. The largest absolute Gasteiger partial charge is 0.547 e. The normalized spacial score (nSPS) is 17.8. The summed E-state index contributed by atoms with van der Waals surface area (Å²) in [5, 5.41) is 35.2. The molecule has 0 aliphatic carbocycles. The molecule has 0 radical (unpaired) electrons. The number of carbonyl (C=O) groups is 3. The second-order valence-electron chi connectivity index (χ2n) is 8.37. The summed E-state index contributed by atoms with van der Waals surface area (Å²) >= 11 is 0. The quantitative estimate of drug-likeness (QED) is 0.166. The van der Waals surface area contributed by atoms with E-state index in [2.05, 4.69) is 16.0 Å². The SMILES string of the molecule is N=C1NCCN1C(=O)N[C@@H](C(=O)N[C@H]1Cc2cccc(C(=O)O)c2OB1O)c1ccc(P(=O)(O)O)cc1. The van der Waals surface area contributed by atoms with E-state index in [9.17, 15) is 38.9 Å². The van der Waals surface area contributed by atoms with E-state index in [0.717, 1.165) is 17.0 Å². The Hall–Kier alpha value is -3.91. The molecule has 16 heteroatoms. The minimum atomic E-state index is -4.55. The second kappa shape index (κ2) is 10.2. The summed E-state index contributed by atoms with van der Waals surface area (Å²) in [5.41, 5.74) is 0.485. The average molecular weight is 531 g/mol. The van der Waals surface area contributed by atoms with E-state index in [4.69, 9.17) is 10.1 Å². The molecule has 4 rings (SSSR count). The van der Waals surface area contributed by atoms with Crippen LogP contribution in [0, 0.1) is 5.41 Å². The molecule has 2 heterocycles. The fourth-order valence-corrected chi connectivity index (χ4v) is 4.58. The summed E-state index contributed by atoms with van der Waals surface area (Å²) in [6.45, 7) is 0.539. The Balaban J connectivity index is 1.58. The lowest BCUT2D eigenvalue weighted by molar-refractivity contribution is -0.123. The van der Waals surface area contributed by atoms with Crippen molar-refractivity contribution in [2.75, 3.05) is 13.1 Å². The number of carbonyl (C=O) groups excluding carboxylic acids is 2. The van der Waals surface area contributed by atoms with Crippen LogP contribution in [0.5, 0.6) is 5.75 Å². The highest BCUT2D eigenvalue weighted by molar-refractivity contribution is 7.60. The number of carboxylic acids is 1. The van der Waals surface area contributed by atoms with Crippen LogP contribution in [0.4, 0.5) is 4.79 Å². The van der Waals surface area contributed by atoms with Gasteiger partial charge in [0.15, 0.2) is 5.96 Å². The smallest absolute Gasteiger partial charge is 0.534 e. The molecule has 2 atom stereocenters. The highest BCUT2D eigenvalue weighted by Crippen LogP contribution is 2.33. The fourth-order valence-electron chi connectivity index (χ4n) is 4.04. The number of benzene rings is 2. The first-order valence-corrected chi connectivity index (χ1v) is 12.6. The molecular weight excluding hydrogens is 508 g/mol. The van der Waals surface area contributed by atoms with E-state index < -0.39 is 44.6 Å². The van der Waals surface area contributed by atoms with E-state index in [1.54, 1.807) is 6.07 Å². The first kappa shape index (κ1) is 26.2. The van der Waals surface area contributed by atoms with Gasteiger partial charge in [-0.05, 0) is 35.7 Å². The average Bonchev–Trinajstić information content (AvgIpc) is 3.27. The van der Waals surface area contributed by atoms with Crippen molar-refractivity contribution in [2.24, 2.45) is 0 Å². The lowest BCUT2D eigenvalue weighted by atomic mass is 9.72. The Morgan fingerprint density at radius 2 is 1.89 bits per heavy atom. The third kappa shape index (κ3) is 5.59. The van der Waals surface area contributed by atoms with Gasteiger partial charge in [-0.3, -0.25) is 19.7 Å². The molecule has 2 aromatic rings. The molecule has 8 N–H and O–H groups in total.